The number of rotatable bonds is 3. The molecule has 0 bridgehead atoms. The van der Waals surface area contributed by atoms with Crippen LogP contribution in [0, 0.1) is 0 Å². The summed E-state index contributed by atoms with van der Waals surface area (Å²) in [7, 11) is 3.88. The third kappa shape index (κ3) is 1.93. The van der Waals surface area contributed by atoms with Crippen LogP contribution >= 0.6 is 0 Å². The first-order chi connectivity index (χ1) is 4.06. The van der Waals surface area contributed by atoms with Crippen molar-refractivity contribution in [3.63, 3.8) is 0 Å². The summed E-state index contributed by atoms with van der Waals surface area (Å²) in [5.41, 5.74) is 11.0. The average molecular weight is 131 g/mol. The van der Waals surface area contributed by atoms with Gasteiger partial charge in [-0.1, -0.05) is 6.92 Å². The summed E-state index contributed by atoms with van der Waals surface area (Å²) in [5, 5.41) is 0. The van der Waals surface area contributed by atoms with Gasteiger partial charge in [-0.3, -0.25) is 4.90 Å². The second kappa shape index (κ2) is 3.15. The number of likely N-dealkylation sites (N-methyl/N-ethyl adjacent to an activating group) is 1. The first-order valence-electron chi connectivity index (χ1n) is 3.23. The van der Waals surface area contributed by atoms with E-state index in [0.717, 1.165) is 6.42 Å². The predicted molar refractivity (Wildman–Crippen MR) is 40.0 cm³/mol. The van der Waals surface area contributed by atoms with Gasteiger partial charge in [-0.15, -0.1) is 0 Å². The normalized spacial score (nSPS) is 18.0. The molecule has 0 aliphatic carbocycles. The minimum absolute atomic E-state index is 0.306. The van der Waals surface area contributed by atoms with Crippen LogP contribution in [-0.2, 0) is 0 Å². The molecule has 0 aliphatic heterocycles. The summed E-state index contributed by atoms with van der Waals surface area (Å²) in [6, 6.07) is 0. The molecule has 0 heterocycles. The molecule has 4 N–H and O–H groups in total. The van der Waals surface area contributed by atoms with Crippen molar-refractivity contribution in [3.05, 3.63) is 0 Å². The Morgan fingerprint density at radius 2 is 1.89 bits per heavy atom. The Morgan fingerprint density at radius 3 is 1.89 bits per heavy atom. The Morgan fingerprint density at radius 1 is 1.44 bits per heavy atom. The van der Waals surface area contributed by atoms with Gasteiger partial charge in [0.1, 0.15) is 0 Å². The lowest BCUT2D eigenvalue weighted by Gasteiger charge is -2.33. The third-order valence-corrected chi connectivity index (χ3v) is 1.86. The number of hydrogen-bond donors (Lipinski definition) is 2. The lowest BCUT2D eigenvalue weighted by atomic mass is 10.1. The summed E-state index contributed by atoms with van der Waals surface area (Å²) in [5.74, 6) is 0. The van der Waals surface area contributed by atoms with Crippen LogP contribution in [0.3, 0.4) is 0 Å². The molecule has 0 aromatic carbocycles. The van der Waals surface area contributed by atoms with Crippen LogP contribution in [0.2, 0.25) is 0 Å². The molecule has 0 aliphatic rings. The zero-order valence-electron chi connectivity index (χ0n) is 6.52. The van der Waals surface area contributed by atoms with E-state index in [-0.39, 0.29) is 5.66 Å². The summed E-state index contributed by atoms with van der Waals surface area (Å²) in [4.78, 5) is 1.95. The second-order valence-electron chi connectivity index (χ2n) is 2.56. The minimum Gasteiger partial charge on any atom is -0.328 e. The lowest BCUT2D eigenvalue weighted by molar-refractivity contribution is 0.161. The molecule has 0 fully saturated rings. The van der Waals surface area contributed by atoms with Crippen molar-refractivity contribution >= 4 is 0 Å². The van der Waals surface area contributed by atoms with E-state index in [1.54, 1.807) is 0 Å². The van der Waals surface area contributed by atoms with Gasteiger partial charge in [0.25, 0.3) is 0 Å². The van der Waals surface area contributed by atoms with Crippen LogP contribution in [0.5, 0.6) is 0 Å². The monoisotopic (exact) mass is 131 g/mol. The van der Waals surface area contributed by atoms with E-state index < -0.39 is 0 Å². The molecule has 1 unspecified atom stereocenters. The highest BCUT2D eigenvalue weighted by Gasteiger charge is 2.22. The van der Waals surface area contributed by atoms with E-state index in [1.807, 2.05) is 25.9 Å². The Balaban J connectivity index is 3.92. The molecule has 0 saturated carbocycles. The van der Waals surface area contributed by atoms with E-state index in [1.165, 1.54) is 0 Å². The van der Waals surface area contributed by atoms with Gasteiger partial charge >= 0.3 is 0 Å². The van der Waals surface area contributed by atoms with Gasteiger partial charge in [-0.05, 0) is 20.5 Å². The maximum Gasteiger partial charge on any atom is 0.0805 e. The largest absolute Gasteiger partial charge is 0.328 e. The van der Waals surface area contributed by atoms with Gasteiger partial charge in [0.2, 0.25) is 0 Å². The Kier molecular flexibility index (Phi) is 3.11. The molecule has 0 aromatic rings. The number of hydrogen-bond acceptors (Lipinski definition) is 3. The van der Waals surface area contributed by atoms with Crippen LogP contribution in [0.25, 0.3) is 0 Å². The van der Waals surface area contributed by atoms with Gasteiger partial charge in [0.05, 0.1) is 5.66 Å². The highest BCUT2D eigenvalue weighted by molar-refractivity contribution is 4.79. The standard InChI is InChI=1S/C6H17N3/c1-4-6(8,5-7)9(2)3/h4-5,7-8H2,1-3H3. The molecule has 0 saturated heterocycles. The maximum atomic E-state index is 5.84. The maximum absolute atomic E-state index is 5.84. The molecule has 1 atom stereocenters. The van der Waals surface area contributed by atoms with Gasteiger partial charge < -0.3 is 11.5 Å². The second-order valence-corrected chi connectivity index (χ2v) is 2.56. The highest BCUT2D eigenvalue weighted by atomic mass is 15.2. The van der Waals surface area contributed by atoms with Crippen molar-refractivity contribution in [1.82, 2.24) is 4.90 Å². The molecule has 3 heteroatoms. The quantitative estimate of drug-likeness (QED) is 0.511. The molecular formula is C6H17N3. The molecule has 56 valence electrons. The fourth-order valence-corrected chi connectivity index (χ4v) is 0.643. The summed E-state index contributed by atoms with van der Waals surface area (Å²) in [6.07, 6.45) is 0.885. The van der Waals surface area contributed by atoms with Gasteiger partial charge in [0.15, 0.2) is 0 Å². The first kappa shape index (κ1) is 8.88. The topological polar surface area (TPSA) is 55.3 Å². The van der Waals surface area contributed by atoms with Gasteiger partial charge in [-0.25, -0.2) is 0 Å². The molecule has 0 spiro atoms. The molecule has 0 rings (SSSR count). The fourth-order valence-electron chi connectivity index (χ4n) is 0.643. The zero-order valence-corrected chi connectivity index (χ0v) is 6.52. The van der Waals surface area contributed by atoms with E-state index in [0.29, 0.717) is 6.54 Å². The zero-order chi connectivity index (χ0) is 7.49. The molecule has 3 nitrogen and oxygen atoms in total. The third-order valence-electron chi connectivity index (χ3n) is 1.86. The van der Waals surface area contributed by atoms with Crippen LogP contribution in [0.4, 0.5) is 0 Å². The van der Waals surface area contributed by atoms with Crippen molar-refractivity contribution in [3.8, 4) is 0 Å². The Hall–Kier alpha value is -0.120. The van der Waals surface area contributed by atoms with E-state index in [4.69, 9.17) is 11.5 Å². The Labute approximate surface area is 57.0 Å². The SMILES string of the molecule is CCC(N)(CN)N(C)C. The summed E-state index contributed by atoms with van der Waals surface area (Å²) >= 11 is 0. The number of nitrogens with two attached hydrogens (primary N) is 2. The van der Waals surface area contributed by atoms with E-state index in [9.17, 15) is 0 Å². The van der Waals surface area contributed by atoms with Crippen LogP contribution in [-0.4, -0.2) is 31.2 Å². The molecule has 0 radical (unpaired) electrons. The smallest absolute Gasteiger partial charge is 0.0805 e. The van der Waals surface area contributed by atoms with Gasteiger partial charge in [0, 0.05) is 6.54 Å². The van der Waals surface area contributed by atoms with Crippen molar-refractivity contribution in [2.45, 2.75) is 19.0 Å². The summed E-state index contributed by atoms with van der Waals surface area (Å²) < 4.78 is 0. The van der Waals surface area contributed by atoms with E-state index in [2.05, 4.69) is 0 Å². The summed E-state index contributed by atoms with van der Waals surface area (Å²) in [6.45, 7) is 2.54. The lowest BCUT2D eigenvalue weighted by Crippen LogP contribution is -2.57. The molecular weight excluding hydrogens is 114 g/mol. The highest BCUT2D eigenvalue weighted by Crippen LogP contribution is 2.05. The van der Waals surface area contributed by atoms with Crippen molar-refractivity contribution in [2.24, 2.45) is 11.5 Å². The van der Waals surface area contributed by atoms with Crippen LogP contribution < -0.4 is 11.5 Å². The van der Waals surface area contributed by atoms with E-state index >= 15 is 0 Å². The molecule has 0 amide bonds. The van der Waals surface area contributed by atoms with Crippen molar-refractivity contribution in [2.75, 3.05) is 20.6 Å². The fraction of sp³-hybridized carbons (Fsp3) is 1.00. The first-order valence-corrected chi connectivity index (χ1v) is 3.23. The van der Waals surface area contributed by atoms with Gasteiger partial charge in [-0.2, -0.15) is 0 Å². The molecule has 0 aromatic heterocycles. The van der Waals surface area contributed by atoms with Crippen molar-refractivity contribution in [1.29, 1.82) is 0 Å². The average Bonchev–Trinajstić information content (AvgIpc) is 1.86. The van der Waals surface area contributed by atoms with Crippen LogP contribution in [0.15, 0.2) is 0 Å². The Bertz CT molecular complexity index is 76.4. The molecule has 9 heavy (non-hydrogen) atoms. The van der Waals surface area contributed by atoms with Crippen molar-refractivity contribution < 1.29 is 0 Å². The van der Waals surface area contributed by atoms with Crippen LogP contribution in [0.1, 0.15) is 13.3 Å². The minimum atomic E-state index is -0.306. The number of nitrogens with zero attached hydrogens (tertiary/aromatic N) is 1. The predicted octanol–water partition coefficient (Wildman–Crippen LogP) is -0.428.